The minimum atomic E-state index is 0.490. The van der Waals surface area contributed by atoms with Gasteiger partial charge >= 0.3 is 0 Å². The first kappa shape index (κ1) is 9.28. The molecule has 72 valence electrons. The smallest absolute Gasteiger partial charge is 0.145 e. The Morgan fingerprint density at radius 1 is 1.29 bits per heavy atom. The summed E-state index contributed by atoms with van der Waals surface area (Å²) in [6.07, 6.45) is 0. The molecule has 0 N–H and O–H groups in total. The molecule has 0 saturated heterocycles. The molecule has 1 aromatic heterocycles. The Hall–Kier alpha value is -1.28. The lowest BCUT2D eigenvalue weighted by Gasteiger charge is -2.06. The molecule has 2 aromatic rings. The second-order valence-corrected chi connectivity index (χ2v) is 3.28. The van der Waals surface area contributed by atoms with Crippen LogP contribution in [0.1, 0.15) is 6.92 Å². The molecular formula is C11H10ClNO. The third-order valence-electron chi connectivity index (χ3n) is 1.95. The van der Waals surface area contributed by atoms with Crippen LogP contribution in [0.25, 0.3) is 10.9 Å². The van der Waals surface area contributed by atoms with Gasteiger partial charge in [-0.15, -0.1) is 0 Å². The van der Waals surface area contributed by atoms with E-state index in [4.69, 9.17) is 16.3 Å². The van der Waals surface area contributed by atoms with Gasteiger partial charge in [0.15, 0.2) is 0 Å². The van der Waals surface area contributed by atoms with E-state index in [0.29, 0.717) is 11.8 Å². The van der Waals surface area contributed by atoms with Gasteiger partial charge in [0.25, 0.3) is 0 Å². The van der Waals surface area contributed by atoms with Crippen LogP contribution in [0.2, 0.25) is 5.15 Å². The van der Waals surface area contributed by atoms with Gasteiger partial charge in [0.1, 0.15) is 16.4 Å². The van der Waals surface area contributed by atoms with Crippen molar-refractivity contribution in [3.63, 3.8) is 0 Å². The van der Waals surface area contributed by atoms with E-state index >= 15 is 0 Å². The van der Waals surface area contributed by atoms with Crippen LogP contribution in [0.3, 0.4) is 0 Å². The first-order valence-electron chi connectivity index (χ1n) is 4.49. The SMILES string of the molecule is CCOc1cccc2ccc(Cl)nc12. The fraction of sp³-hybridized carbons (Fsp3) is 0.182. The zero-order valence-electron chi connectivity index (χ0n) is 7.83. The molecule has 0 aliphatic rings. The highest BCUT2D eigenvalue weighted by Crippen LogP contribution is 2.24. The van der Waals surface area contributed by atoms with Gasteiger partial charge in [-0.25, -0.2) is 4.98 Å². The predicted molar refractivity (Wildman–Crippen MR) is 57.9 cm³/mol. The average molecular weight is 208 g/mol. The Labute approximate surface area is 87.5 Å². The summed E-state index contributed by atoms with van der Waals surface area (Å²) in [5, 5.41) is 1.53. The molecule has 0 spiro atoms. The fourth-order valence-corrected chi connectivity index (χ4v) is 1.52. The molecule has 0 radical (unpaired) electrons. The molecule has 3 heteroatoms. The number of nitrogens with zero attached hydrogens (tertiary/aromatic N) is 1. The molecule has 0 aliphatic carbocycles. The number of fused-ring (bicyclic) bond motifs is 1. The molecule has 2 nitrogen and oxygen atoms in total. The maximum atomic E-state index is 5.82. The summed E-state index contributed by atoms with van der Waals surface area (Å²) < 4.78 is 5.45. The van der Waals surface area contributed by atoms with Gasteiger partial charge in [-0.05, 0) is 25.1 Å². The summed E-state index contributed by atoms with van der Waals surface area (Å²) >= 11 is 5.82. The Morgan fingerprint density at radius 2 is 2.14 bits per heavy atom. The number of pyridine rings is 1. The normalized spacial score (nSPS) is 10.4. The molecule has 14 heavy (non-hydrogen) atoms. The van der Waals surface area contributed by atoms with Crippen molar-refractivity contribution in [2.24, 2.45) is 0 Å². The first-order chi connectivity index (χ1) is 6.81. The number of aromatic nitrogens is 1. The zero-order chi connectivity index (χ0) is 9.97. The van der Waals surface area contributed by atoms with Crippen LogP contribution in [0, 0.1) is 0 Å². The number of hydrogen-bond acceptors (Lipinski definition) is 2. The van der Waals surface area contributed by atoms with Crippen LogP contribution in [0.15, 0.2) is 30.3 Å². The van der Waals surface area contributed by atoms with E-state index in [-0.39, 0.29) is 0 Å². The van der Waals surface area contributed by atoms with E-state index in [1.807, 2.05) is 31.2 Å². The molecule has 0 bridgehead atoms. The second-order valence-electron chi connectivity index (χ2n) is 2.89. The van der Waals surface area contributed by atoms with Crippen LogP contribution in [0.5, 0.6) is 5.75 Å². The Bertz CT molecular complexity index is 456. The Morgan fingerprint density at radius 3 is 2.93 bits per heavy atom. The van der Waals surface area contributed by atoms with Crippen LogP contribution >= 0.6 is 11.6 Å². The van der Waals surface area contributed by atoms with Crippen molar-refractivity contribution in [1.82, 2.24) is 4.98 Å². The van der Waals surface area contributed by atoms with Crippen LogP contribution in [-0.4, -0.2) is 11.6 Å². The van der Waals surface area contributed by atoms with Crippen LogP contribution in [0.4, 0.5) is 0 Å². The molecule has 0 amide bonds. The summed E-state index contributed by atoms with van der Waals surface area (Å²) in [5.41, 5.74) is 0.821. The van der Waals surface area contributed by atoms with Gasteiger partial charge in [-0.3, -0.25) is 0 Å². The summed E-state index contributed by atoms with van der Waals surface area (Å²) in [4.78, 5) is 4.23. The molecule has 0 aliphatic heterocycles. The number of rotatable bonds is 2. The van der Waals surface area contributed by atoms with Crippen molar-refractivity contribution < 1.29 is 4.74 Å². The summed E-state index contributed by atoms with van der Waals surface area (Å²) in [6.45, 7) is 2.58. The Balaban J connectivity index is 2.64. The monoisotopic (exact) mass is 207 g/mol. The largest absolute Gasteiger partial charge is 0.492 e. The molecule has 1 aromatic carbocycles. The lowest BCUT2D eigenvalue weighted by molar-refractivity contribution is 0.343. The summed E-state index contributed by atoms with van der Waals surface area (Å²) in [6, 6.07) is 9.55. The highest BCUT2D eigenvalue weighted by atomic mass is 35.5. The van der Waals surface area contributed by atoms with Gasteiger partial charge in [-0.1, -0.05) is 23.7 Å². The maximum absolute atomic E-state index is 5.82. The van der Waals surface area contributed by atoms with Crippen molar-refractivity contribution in [3.8, 4) is 5.75 Å². The van der Waals surface area contributed by atoms with Crippen LogP contribution < -0.4 is 4.74 Å². The number of benzene rings is 1. The van der Waals surface area contributed by atoms with E-state index in [0.717, 1.165) is 16.7 Å². The number of hydrogen-bond donors (Lipinski definition) is 0. The average Bonchev–Trinajstić information content (AvgIpc) is 2.19. The van der Waals surface area contributed by atoms with Crippen LogP contribution in [-0.2, 0) is 0 Å². The lowest BCUT2D eigenvalue weighted by Crippen LogP contribution is -1.93. The predicted octanol–water partition coefficient (Wildman–Crippen LogP) is 3.29. The van der Waals surface area contributed by atoms with E-state index < -0.39 is 0 Å². The highest BCUT2D eigenvalue weighted by Gasteiger charge is 2.02. The standard InChI is InChI=1S/C11H10ClNO/c1-2-14-9-5-3-4-8-6-7-10(12)13-11(8)9/h3-7H,2H2,1H3. The topological polar surface area (TPSA) is 22.1 Å². The van der Waals surface area contributed by atoms with E-state index in [2.05, 4.69) is 4.98 Å². The number of ether oxygens (including phenoxy) is 1. The molecule has 2 rings (SSSR count). The maximum Gasteiger partial charge on any atom is 0.145 e. The number of halogens is 1. The fourth-order valence-electron chi connectivity index (χ4n) is 1.37. The summed E-state index contributed by atoms with van der Waals surface area (Å²) in [7, 11) is 0. The molecule has 0 saturated carbocycles. The molecule has 0 unspecified atom stereocenters. The quantitative estimate of drug-likeness (QED) is 0.705. The third kappa shape index (κ3) is 1.66. The minimum absolute atomic E-state index is 0.490. The van der Waals surface area contributed by atoms with E-state index in [1.165, 1.54) is 0 Å². The highest BCUT2D eigenvalue weighted by molar-refractivity contribution is 6.29. The van der Waals surface area contributed by atoms with E-state index in [9.17, 15) is 0 Å². The van der Waals surface area contributed by atoms with Gasteiger partial charge in [0, 0.05) is 5.39 Å². The summed E-state index contributed by atoms with van der Waals surface area (Å²) in [5.74, 6) is 0.785. The molecular weight excluding hydrogens is 198 g/mol. The zero-order valence-corrected chi connectivity index (χ0v) is 8.58. The molecule has 0 atom stereocenters. The van der Waals surface area contributed by atoms with Crippen molar-refractivity contribution in [2.45, 2.75) is 6.92 Å². The van der Waals surface area contributed by atoms with Gasteiger partial charge in [-0.2, -0.15) is 0 Å². The molecule has 1 heterocycles. The van der Waals surface area contributed by atoms with Crippen molar-refractivity contribution in [3.05, 3.63) is 35.5 Å². The lowest BCUT2D eigenvalue weighted by atomic mass is 10.2. The van der Waals surface area contributed by atoms with Gasteiger partial charge < -0.3 is 4.74 Å². The first-order valence-corrected chi connectivity index (χ1v) is 4.87. The van der Waals surface area contributed by atoms with Crippen molar-refractivity contribution in [2.75, 3.05) is 6.61 Å². The second kappa shape index (κ2) is 3.84. The van der Waals surface area contributed by atoms with Gasteiger partial charge in [0.2, 0.25) is 0 Å². The van der Waals surface area contributed by atoms with Crippen molar-refractivity contribution in [1.29, 1.82) is 0 Å². The van der Waals surface area contributed by atoms with Crippen molar-refractivity contribution >= 4 is 22.5 Å². The minimum Gasteiger partial charge on any atom is -0.492 e. The third-order valence-corrected chi connectivity index (χ3v) is 2.16. The molecule has 0 fully saturated rings. The van der Waals surface area contributed by atoms with Gasteiger partial charge in [0.05, 0.1) is 6.61 Å². The van der Waals surface area contributed by atoms with E-state index in [1.54, 1.807) is 6.07 Å². The Kier molecular flexibility index (Phi) is 2.55. The number of para-hydroxylation sites is 1.